The van der Waals surface area contributed by atoms with Crippen LogP contribution in [0.2, 0.25) is 0 Å². The molecule has 0 spiro atoms. The molecular weight excluding hydrogens is 605 g/mol. The molecule has 0 fully saturated rings. The average Bonchev–Trinajstić information content (AvgIpc) is 3.21. The van der Waals surface area contributed by atoms with E-state index < -0.39 is 0 Å². The lowest BCUT2D eigenvalue weighted by Gasteiger charge is -2.33. The minimum Gasteiger partial charge on any atom is -0.380 e. The molecule has 4 aromatic carbocycles. The van der Waals surface area contributed by atoms with Crippen molar-refractivity contribution in [1.82, 2.24) is 10.3 Å². The topological polar surface area (TPSA) is 24.9 Å². The summed E-state index contributed by atoms with van der Waals surface area (Å²) in [6, 6.07) is 43.2. The number of allylic oxidation sites excluding steroid dienone is 14. The normalized spacial score (nSPS) is 18.8. The van der Waals surface area contributed by atoms with Crippen LogP contribution in [0, 0.1) is 11.8 Å². The molecule has 2 atom stereocenters. The van der Waals surface area contributed by atoms with E-state index >= 15 is 0 Å². The number of nitrogens with one attached hydrogen (secondary N) is 1. The molecule has 9 rings (SSSR count). The second-order valence-corrected chi connectivity index (χ2v) is 13.2. The predicted molar refractivity (Wildman–Crippen MR) is 209 cm³/mol. The van der Waals surface area contributed by atoms with E-state index in [4.69, 9.17) is 4.98 Å². The summed E-state index contributed by atoms with van der Waals surface area (Å²) in [5, 5.41) is 3.77. The molecule has 0 saturated carbocycles. The van der Waals surface area contributed by atoms with Crippen LogP contribution in [-0.2, 0) is 0 Å². The number of nitrogens with zero attached hydrogens (tertiary/aromatic N) is 1. The van der Waals surface area contributed by atoms with Crippen molar-refractivity contribution < 1.29 is 0 Å². The number of hydrogen-bond acceptors (Lipinski definition) is 2. The van der Waals surface area contributed by atoms with E-state index in [1.54, 1.807) is 0 Å². The summed E-state index contributed by atoms with van der Waals surface area (Å²) >= 11 is 0. The van der Waals surface area contributed by atoms with Gasteiger partial charge in [-0.25, -0.2) is 4.98 Å². The molecule has 50 heavy (non-hydrogen) atoms. The second-order valence-electron chi connectivity index (χ2n) is 13.2. The van der Waals surface area contributed by atoms with Crippen LogP contribution in [-0.4, -0.2) is 11.5 Å². The number of aromatic nitrogens is 1. The molecule has 0 radical (unpaired) electrons. The SMILES string of the molecule is C1=CC2=CC(c3cc(C4=CC=C(c5ccccc5)CN4)cc(-c4cc(-c5ccccc5)nc(-c5ccccc5)c4)c3)=C3C=CC=CC3C2C=C1. The van der Waals surface area contributed by atoms with Crippen LogP contribution in [0.1, 0.15) is 16.7 Å². The first kappa shape index (κ1) is 29.9. The fourth-order valence-corrected chi connectivity index (χ4v) is 7.54. The van der Waals surface area contributed by atoms with Gasteiger partial charge in [-0.1, -0.05) is 152 Å². The Morgan fingerprint density at radius 1 is 0.500 bits per heavy atom. The summed E-state index contributed by atoms with van der Waals surface area (Å²) in [6.45, 7) is 0.771. The highest BCUT2D eigenvalue weighted by molar-refractivity contribution is 5.89. The van der Waals surface area contributed by atoms with E-state index in [2.05, 4.69) is 193 Å². The van der Waals surface area contributed by atoms with Gasteiger partial charge in [0.05, 0.1) is 11.4 Å². The first-order valence-electron chi connectivity index (χ1n) is 17.4. The molecule has 2 heteroatoms. The van der Waals surface area contributed by atoms with Gasteiger partial charge in [0.25, 0.3) is 0 Å². The number of dihydropyridines is 1. The first-order valence-corrected chi connectivity index (χ1v) is 17.4. The quantitative estimate of drug-likeness (QED) is 0.200. The Labute approximate surface area is 294 Å². The van der Waals surface area contributed by atoms with Crippen molar-refractivity contribution in [3.05, 3.63) is 216 Å². The van der Waals surface area contributed by atoms with Crippen LogP contribution in [0.4, 0.5) is 0 Å². The number of hydrogen-bond donors (Lipinski definition) is 1. The lowest BCUT2D eigenvalue weighted by Crippen LogP contribution is -2.21. The van der Waals surface area contributed by atoms with Crippen molar-refractivity contribution in [2.75, 3.05) is 6.54 Å². The van der Waals surface area contributed by atoms with Crippen molar-refractivity contribution in [2.45, 2.75) is 0 Å². The lowest BCUT2D eigenvalue weighted by atomic mass is 9.70. The molecule has 238 valence electrons. The molecule has 1 aliphatic heterocycles. The lowest BCUT2D eigenvalue weighted by molar-refractivity contribution is 0.618. The third-order valence-electron chi connectivity index (χ3n) is 10.1. The smallest absolute Gasteiger partial charge is 0.0715 e. The van der Waals surface area contributed by atoms with Gasteiger partial charge in [-0.15, -0.1) is 0 Å². The molecular formula is C48H36N2. The average molecular weight is 641 g/mol. The van der Waals surface area contributed by atoms with Crippen LogP contribution < -0.4 is 5.32 Å². The third-order valence-corrected chi connectivity index (χ3v) is 10.1. The molecule has 0 bridgehead atoms. The third kappa shape index (κ3) is 5.76. The number of benzene rings is 4. The van der Waals surface area contributed by atoms with E-state index in [9.17, 15) is 0 Å². The zero-order chi connectivity index (χ0) is 33.3. The van der Waals surface area contributed by atoms with Crippen molar-refractivity contribution in [1.29, 1.82) is 0 Å². The van der Waals surface area contributed by atoms with Gasteiger partial charge in [0.1, 0.15) is 0 Å². The first-order chi connectivity index (χ1) is 24.8. The summed E-state index contributed by atoms with van der Waals surface area (Å²) < 4.78 is 0. The summed E-state index contributed by atoms with van der Waals surface area (Å²) in [5.74, 6) is 0.663. The maximum absolute atomic E-state index is 5.18. The molecule has 0 saturated heterocycles. The summed E-state index contributed by atoms with van der Waals surface area (Å²) in [4.78, 5) is 5.18. The van der Waals surface area contributed by atoms with Crippen LogP contribution in [0.15, 0.2) is 199 Å². The minimum atomic E-state index is 0.307. The monoisotopic (exact) mass is 640 g/mol. The van der Waals surface area contributed by atoms with Crippen molar-refractivity contribution in [3.8, 4) is 33.6 Å². The van der Waals surface area contributed by atoms with Gasteiger partial charge in [0.15, 0.2) is 0 Å². The Hall–Kier alpha value is -6.25. The van der Waals surface area contributed by atoms with Gasteiger partial charge < -0.3 is 5.32 Å². The fourth-order valence-electron chi connectivity index (χ4n) is 7.54. The second kappa shape index (κ2) is 13.0. The van der Waals surface area contributed by atoms with Crippen molar-refractivity contribution in [2.24, 2.45) is 11.8 Å². The van der Waals surface area contributed by atoms with Gasteiger partial charge in [-0.2, -0.15) is 0 Å². The van der Waals surface area contributed by atoms with Gasteiger partial charge in [-0.3, -0.25) is 0 Å². The standard InChI is InChI=1S/C48H36N2/c1-4-14-33(15-5-1)37-24-25-46(49-32-37)41-27-38(26-40(28-41)45-29-36-20-10-11-21-42(36)43-22-12-13-23-44(43)45)39-30-47(34-16-6-2-7-17-34)50-48(31-39)35-18-8-3-9-19-35/h1-31,42-43,49H,32H2. The van der Waals surface area contributed by atoms with Gasteiger partial charge in [-0.05, 0) is 86.5 Å². The molecule has 5 aromatic rings. The maximum atomic E-state index is 5.18. The van der Waals surface area contributed by atoms with Crippen molar-refractivity contribution >= 4 is 16.8 Å². The molecule has 4 aliphatic rings. The van der Waals surface area contributed by atoms with Crippen LogP contribution >= 0.6 is 0 Å². The number of rotatable bonds is 6. The molecule has 1 aromatic heterocycles. The van der Waals surface area contributed by atoms with Crippen LogP contribution in [0.3, 0.4) is 0 Å². The van der Waals surface area contributed by atoms with Gasteiger partial charge in [0.2, 0.25) is 0 Å². The Bertz CT molecular complexity index is 2290. The van der Waals surface area contributed by atoms with Crippen molar-refractivity contribution in [3.63, 3.8) is 0 Å². The zero-order valence-electron chi connectivity index (χ0n) is 27.7. The minimum absolute atomic E-state index is 0.307. The van der Waals surface area contributed by atoms with E-state index in [0.29, 0.717) is 11.8 Å². The summed E-state index contributed by atoms with van der Waals surface area (Å²) in [5.41, 5.74) is 16.5. The fraction of sp³-hybridized carbons (Fsp3) is 0.0625. The molecule has 2 nitrogen and oxygen atoms in total. The molecule has 0 amide bonds. The Morgan fingerprint density at radius 2 is 1.08 bits per heavy atom. The van der Waals surface area contributed by atoms with E-state index in [-0.39, 0.29) is 0 Å². The molecule has 2 unspecified atom stereocenters. The molecule has 1 N–H and O–H groups in total. The molecule has 2 heterocycles. The van der Waals surface area contributed by atoms with E-state index in [1.165, 1.54) is 39.0 Å². The highest BCUT2D eigenvalue weighted by Crippen LogP contribution is 2.45. The maximum Gasteiger partial charge on any atom is 0.0715 e. The highest BCUT2D eigenvalue weighted by Gasteiger charge is 2.30. The number of fused-ring (bicyclic) bond motifs is 3. The van der Waals surface area contributed by atoms with Crippen LogP contribution in [0.5, 0.6) is 0 Å². The largest absolute Gasteiger partial charge is 0.380 e. The number of pyridine rings is 1. The predicted octanol–water partition coefficient (Wildman–Crippen LogP) is 11.3. The Kier molecular flexibility index (Phi) is 7.75. The van der Waals surface area contributed by atoms with Gasteiger partial charge >= 0.3 is 0 Å². The summed E-state index contributed by atoms with van der Waals surface area (Å²) in [6.07, 6.45) is 24.9. The van der Waals surface area contributed by atoms with Crippen LogP contribution in [0.25, 0.3) is 50.5 Å². The zero-order valence-corrected chi connectivity index (χ0v) is 27.7. The molecule has 3 aliphatic carbocycles. The Morgan fingerprint density at radius 3 is 1.74 bits per heavy atom. The summed E-state index contributed by atoms with van der Waals surface area (Å²) in [7, 11) is 0. The van der Waals surface area contributed by atoms with E-state index in [1.807, 2.05) is 0 Å². The Balaban J connectivity index is 1.24. The highest BCUT2D eigenvalue weighted by atomic mass is 14.9. The van der Waals surface area contributed by atoms with Gasteiger partial charge in [0, 0.05) is 35.2 Å². The van der Waals surface area contributed by atoms with E-state index in [0.717, 1.165) is 45.9 Å².